The van der Waals surface area contributed by atoms with E-state index in [-0.39, 0.29) is 37.4 Å². The largest absolute Gasteiger partial charge is 0.509 e. The number of hydrogen-bond acceptors (Lipinski definition) is 15. The van der Waals surface area contributed by atoms with E-state index in [1.165, 1.54) is 25.4 Å². The van der Waals surface area contributed by atoms with Crippen molar-refractivity contribution in [2.24, 2.45) is 28.8 Å². The van der Waals surface area contributed by atoms with Gasteiger partial charge in [0.25, 0.3) is 0 Å². The average Bonchev–Trinajstić information content (AvgIpc) is 3.83. The number of esters is 1. The van der Waals surface area contributed by atoms with E-state index < -0.39 is 83.5 Å². The molecule has 0 saturated carbocycles. The van der Waals surface area contributed by atoms with E-state index in [4.69, 9.17) is 33.3 Å². The summed E-state index contributed by atoms with van der Waals surface area (Å²) in [7, 11) is 5.25. The fourth-order valence-corrected chi connectivity index (χ4v) is 9.60. The molecule has 15 heteroatoms. The molecule has 328 valence electrons. The molecule has 1 N–H and O–H groups in total. The summed E-state index contributed by atoms with van der Waals surface area (Å²) >= 11 is 1.28. The summed E-state index contributed by atoms with van der Waals surface area (Å²) in [6.45, 7) is 13.9. The summed E-state index contributed by atoms with van der Waals surface area (Å²) in [5, 5.41) is 16.1. The Morgan fingerprint density at radius 3 is 2.37 bits per heavy atom. The minimum Gasteiger partial charge on any atom is -0.457 e. The summed E-state index contributed by atoms with van der Waals surface area (Å²) in [6, 6.07) is 12.3. The number of ether oxygens (including phenoxy) is 6. The third kappa shape index (κ3) is 10.1. The molecule has 0 spiro atoms. The molecule has 14 nitrogen and oxygen atoms in total. The van der Waals surface area contributed by atoms with Gasteiger partial charge in [-0.05, 0) is 73.2 Å². The maximum Gasteiger partial charge on any atom is 0.509 e. The Morgan fingerprint density at radius 1 is 1.02 bits per heavy atom. The Morgan fingerprint density at radius 2 is 1.72 bits per heavy atom. The number of rotatable bonds is 9. The monoisotopic (exact) mass is 852 g/mol. The summed E-state index contributed by atoms with van der Waals surface area (Å²) in [5.41, 5.74) is -1.67. The number of benzene rings is 1. The Bertz CT molecular complexity index is 1940. The van der Waals surface area contributed by atoms with Crippen LogP contribution in [0.15, 0.2) is 47.6 Å². The van der Waals surface area contributed by atoms with Crippen LogP contribution >= 0.6 is 11.3 Å². The van der Waals surface area contributed by atoms with Gasteiger partial charge >= 0.3 is 12.1 Å². The minimum absolute atomic E-state index is 0.0875. The number of ketones is 2. The van der Waals surface area contributed by atoms with Crippen LogP contribution in [0.2, 0.25) is 0 Å². The quantitative estimate of drug-likeness (QED) is 0.0774. The van der Waals surface area contributed by atoms with Crippen LogP contribution in [0.1, 0.15) is 94.8 Å². The first-order valence-electron chi connectivity index (χ1n) is 20.6. The number of thiophene rings is 1. The first-order valence-corrected chi connectivity index (χ1v) is 21.4. The summed E-state index contributed by atoms with van der Waals surface area (Å²) in [4.78, 5) is 63.0. The molecule has 13 atom stereocenters. The number of likely N-dealkylation sites (N-methyl/N-ethyl adjacent to an activating group) is 1. The number of hydrogen-bond donors (Lipinski definition) is 1. The average molecular weight is 853 g/mol. The zero-order valence-corrected chi connectivity index (χ0v) is 37.3. The second-order valence-corrected chi connectivity index (χ2v) is 17.9. The van der Waals surface area contributed by atoms with Gasteiger partial charge in [-0.25, -0.2) is 4.79 Å². The van der Waals surface area contributed by atoms with Gasteiger partial charge in [-0.1, -0.05) is 75.0 Å². The number of methoxy groups -OCH3 is 1. The van der Waals surface area contributed by atoms with Crippen molar-refractivity contribution < 1.29 is 57.5 Å². The standard InChI is InChI=1S/C45H60N2O12S/c1-12-34-45(8)40(58-43(52)59-45)27(4)35(46-54-22-16-19-31-20-21-33(60-31)37(49)30-17-14-13-15-18-30)25(2)24-44(7,53-11)39(28(5)36(48)29(6)41(51)56-34)57-42-38(50)32(47(9)10)23-26(3)55-42/h13-15,17-18,20-21,25-29,32,34,38-40,42,50H,12,22-24H2,1-11H3/b46-35+/t25-,26-,27+,28+,29-,32+,34-,38-,39-,40-,42+,44-,45-/m1/s1. The maximum atomic E-state index is 14.3. The van der Waals surface area contributed by atoms with Crippen LogP contribution in [-0.2, 0) is 42.8 Å². The highest BCUT2D eigenvalue weighted by Gasteiger charge is 2.58. The number of cyclic esters (lactones) is 1. The SMILES string of the molecule is CC[C@H]1OC(=O)[C@H](C)C(=O)[C@H](C)[C@@H](O[C@@H]2O[C@H](C)C[C@H](N(C)C)[C@H]2O)[C@](C)(OC)C[C@@H](C)/C(=N\OCC#Cc2ccc(C(=O)c3ccccc3)s2)[C@H](C)[C@H]2OC(=O)O[C@@]21C. The first-order chi connectivity index (χ1) is 28.3. The molecule has 5 rings (SSSR count). The molecule has 0 unspecified atom stereocenters. The van der Waals surface area contributed by atoms with Gasteiger partial charge in [0.2, 0.25) is 5.78 Å². The normalized spacial score (nSPS) is 36.0. The van der Waals surface area contributed by atoms with Crippen LogP contribution in [0.5, 0.6) is 0 Å². The molecule has 0 amide bonds. The van der Waals surface area contributed by atoms with E-state index in [1.54, 1.807) is 52.0 Å². The molecule has 3 saturated heterocycles. The number of aliphatic hydroxyl groups excluding tert-OH is 1. The lowest BCUT2D eigenvalue weighted by atomic mass is 9.74. The van der Waals surface area contributed by atoms with Gasteiger partial charge in [0.15, 0.2) is 30.4 Å². The van der Waals surface area contributed by atoms with Gasteiger partial charge in [0, 0.05) is 36.5 Å². The highest BCUT2D eigenvalue weighted by Crippen LogP contribution is 2.42. The lowest BCUT2D eigenvalue weighted by Crippen LogP contribution is -2.59. The molecular weight excluding hydrogens is 793 g/mol. The zero-order chi connectivity index (χ0) is 44.1. The Balaban J connectivity index is 1.51. The number of Topliss-reactive ketones (excluding diaryl/α,β-unsaturated/α-hetero) is 1. The molecule has 3 aliphatic rings. The predicted octanol–water partition coefficient (Wildman–Crippen LogP) is 6.05. The second kappa shape index (κ2) is 19.7. The highest BCUT2D eigenvalue weighted by atomic mass is 32.1. The van der Waals surface area contributed by atoms with Crippen LogP contribution in [0.3, 0.4) is 0 Å². The van der Waals surface area contributed by atoms with E-state index in [9.17, 15) is 24.3 Å². The maximum absolute atomic E-state index is 14.3. The van der Waals surface area contributed by atoms with Gasteiger partial charge in [0.1, 0.15) is 18.1 Å². The van der Waals surface area contributed by atoms with Crippen molar-refractivity contribution in [1.29, 1.82) is 0 Å². The molecule has 60 heavy (non-hydrogen) atoms. The molecule has 2 aromatic rings. The van der Waals surface area contributed by atoms with Crippen molar-refractivity contribution in [3.05, 3.63) is 57.8 Å². The number of carbonyl (C=O) groups excluding carboxylic acids is 4. The number of oxime groups is 1. The van der Waals surface area contributed by atoms with Crippen LogP contribution < -0.4 is 0 Å². The fourth-order valence-electron chi connectivity index (χ4n) is 8.75. The van der Waals surface area contributed by atoms with Gasteiger partial charge in [-0.3, -0.25) is 14.4 Å². The van der Waals surface area contributed by atoms with Gasteiger partial charge in [-0.15, -0.1) is 11.3 Å². The first kappa shape index (κ1) is 46.9. The third-order valence-electron chi connectivity index (χ3n) is 12.2. The second-order valence-electron chi connectivity index (χ2n) is 16.8. The van der Waals surface area contributed by atoms with Crippen LogP contribution in [-0.4, -0.2) is 121 Å². The van der Waals surface area contributed by atoms with Crippen molar-refractivity contribution in [1.82, 2.24) is 4.90 Å². The molecule has 3 fully saturated rings. The number of aliphatic hydroxyl groups is 1. The van der Waals surface area contributed by atoms with Crippen molar-refractivity contribution in [3.8, 4) is 11.8 Å². The zero-order valence-electron chi connectivity index (χ0n) is 36.5. The lowest BCUT2D eigenvalue weighted by molar-refractivity contribution is -0.295. The summed E-state index contributed by atoms with van der Waals surface area (Å²) in [6.07, 6.45) is -5.43. The van der Waals surface area contributed by atoms with Crippen LogP contribution in [0.25, 0.3) is 0 Å². The van der Waals surface area contributed by atoms with Gasteiger partial charge < -0.3 is 43.3 Å². The van der Waals surface area contributed by atoms with E-state index in [2.05, 4.69) is 17.0 Å². The summed E-state index contributed by atoms with van der Waals surface area (Å²) in [5.74, 6) is 1.32. The number of fused-ring (bicyclic) bond motifs is 1. The smallest absolute Gasteiger partial charge is 0.457 e. The van der Waals surface area contributed by atoms with E-state index in [0.29, 0.717) is 27.5 Å². The Kier molecular flexibility index (Phi) is 15.4. The van der Waals surface area contributed by atoms with E-state index in [0.717, 1.165) is 0 Å². The van der Waals surface area contributed by atoms with Gasteiger partial charge in [0.05, 0.1) is 33.3 Å². The van der Waals surface area contributed by atoms with E-state index in [1.807, 2.05) is 58.0 Å². The van der Waals surface area contributed by atoms with Crippen molar-refractivity contribution in [2.45, 2.75) is 129 Å². The number of nitrogens with zero attached hydrogens (tertiary/aromatic N) is 2. The molecule has 1 aromatic carbocycles. The van der Waals surface area contributed by atoms with Crippen molar-refractivity contribution in [2.75, 3.05) is 27.8 Å². The molecule has 0 bridgehead atoms. The topological polar surface area (TPSA) is 169 Å². The fraction of sp³-hybridized carbons (Fsp3) is 0.622. The summed E-state index contributed by atoms with van der Waals surface area (Å²) < 4.78 is 36.8. The molecule has 3 aliphatic heterocycles. The van der Waals surface area contributed by atoms with E-state index >= 15 is 0 Å². The molecule has 0 radical (unpaired) electrons. The Hall–Kier alpha value is -4.17. The predicted molar refractivity (Wildman–Crippen MR) is 223 cm³/mol. The Labute approximate surface area is 357 Å². The molecular formula is C45H60N2O12S. The minimum atomic E-state index is -1.46. The van der Waals surface area contributed by atoms with Crippen LogP contribution in [0.4, 0.5) is 4.79 Å². The number of carbonyl (C=O) groups is 4. The third-order valence-corrected chi connectivity index (χ3v) is 13.2. The lowest BCUT2D eigenvalue weighted by Gasteiger charge is -2.47. The molecule has 4 heterocycles. The van der Waals surface area contributed by atoms with Gasteiger partial charge in [-0.2, -0.15) is 0 Å². The van der Waals surface area contributed by atoms with Crippen LogP contribution in [0, 0.1) is 35.5 Å². The van der Waals surface area contributed by atoms with Crippen molar-refractivity contribution in [3.63, 3.8) is 0 Å². The van der Waals surface area contributed by atoms with Crippen molar-refractivity contribution >= 4 is 40.7 Å². The molecule has 0 aliphatic carbocycles. The molecule has 1 aromatic heterocycles. The highest BCUT2D eigenvalue weighted by molar-refractivity contribution is 7.14.